The fourth-order valence-electron chi connectivity index (χ4n) is 6.47. The summed E-state index contributed by atoms with van der Waals surface area (Å²) in [6.07, 6.45) is 4.38. The normalized spacial score (nSPS) is 11.5. The van der Waals surface area contributed by atoms with Crippen LogP contribution in [0.4, 0.5) is 0 Å². The molecule has 0 spiro atoms. The second-order valence-corrected chi connectivity index (χ2v) is 11.3. The fourth-order valence-corrected chi connectivity index (χ4v) is 6.47. The van der Waals surface area contributed by atoms with Gasteiger partial charge in [0, 0.05) is 0 Å². The molecule has 0 aromatic heterocycles. The molecule has 0 nitrogen and oxygen atoms in total. The van der Waals surface area contributed by atoms with Crippen LogP contribution in [0.5, 0.6) is 0 Å². The van der Waals surface area contributed by atoms with E-state index in [1.54, 1.807) is 0 Å². The van der Waals surface area contributed by atoms with Crippen LogP contribution < -0.4 is 0 Å². The molecule has 0 radical (unpaired) electrons. The summed E-state index contributed by atoms with van der Waals surface area (Å²) in [5.74, 6) is 0. The van der Waals surface area contributed by atoms with Crippen LogP contribution in [0.15, 0.2) is 170 Å². The second kappa shape index (κ2) is 11.2. The Kier molecular flexibility index (Phi) is 6.59. The maximum atomic E-state index is 2.33. The van der Waals surface area contributed by atoms with Gasteiger partial charge in [-0.15, -0.1) is 0 Å². The molecule has 0 aliphatic rings. The van der Waals surface area contributed by atoms with E-state index in [4.69, 9.17) is 0 Å². The smallest absolute Gasteiger partial charge is 0.00262 e. The lowest BCUT2D eigenvalue weighted by atomic mass is 9.85. The van der Waals surface area contributed by atoms with E-state index in [0.29, 0.717) is 0 Å². The summed E-state index contributed by atoms with van der Waals surface area (Å²) in [5, 5.41) is 7.63. The summed E-state index contributed by atoms with van der Waals surface area (Å²) in [7, 11) is 0. The highest BCUT2D eigenvalue weighted by Gasteiger charge is 2.16. The Labute approximate surface area is 258 Å². The molecule has 0 N–H and O–H groups in total. The summed E-state index contributed by atoms with van der Waals surface area (Å²) in [6.45, 7) is 0. The predicted octanol–water partition coefficient (Wildman–Crippen LogP) is 12.3. The lowest BCUT2D eigenvalue weighted by Gasteiger charge is -2.18. The fraction of sp³-hybridized carbons (Fsp3) is 0. The zero-order valence-corrected chi connectivity index (χ0v) is 24.3. The van der Waals surface area contributed by atoms with Crippen molar-refractivity contribution in [2.24, 2.45) is 0 Å². The Morgan fingerprint density at radius 1 is 0.273 bits per heavy atom. The van der Waals surface area contributed by atoms with Gasteiger partial charge >= 0.3 is 0 Å². The van der Waals surface area contributed by atoms with Gasteiger partial charge in [0.15, 0.2) is 0 Å². The van der Waals surface area contributed by atoms with Crippen LogP contribution in [0, 0.1) is 0 Å². The third kappa shape index (κ3) is 4.77. The van der Waals surface area contributed by atoms with Crippen molar-refractivity contribution in [3.05, 3.63) is 181 Å². The maximum absolute atomic E-state index is 2.33. The first-order valence-electron chi connectivity index (χ1n) is 15.2. The van der Waals surface area contributed by atoms with Crippen LogP contribution in [0.3, 0.4) is 0 Å². The number of hydrogen-bond donors (Lipinski definition) is 0. The molecule has 0 saturated carbocycles. The highest BCUT2D eigenvalue weighted by atomic mass is 14.2. The van der Waals surface area contributed by atoms with E-state index in [1.807, 2.05) is 0 Å². The molecule has 0 heterocycles. The molecule has 0 heteroatoms. The van der Waals surface area contributed by atoms with Crippen LogP contribution >= 0.6 is 0 Å². The van der Waals surface area contributed by atoms with E-state index >= 15 is 0 Å². The van der Waals surface area contributed by atoms with Crippen LogP contribution in [-0.4, -0.2) is 0 Å². The second-order valence-electron chi connectivity index (χ2n) is 11.3. The van der Waals surface area contributed by atoms with E-state index in [9.17, 15) is 0 Å². The van der Waals surface area contributed by atoms with Gasteiger partial charge in [0.1, 0.15) is 0 Å². The molecule has 0 aliphatic carbocycles. The summed E-state index contributed by atoms with van der Waals surface area (Å²) in [6, 6.07) is 61.4. The van der Waals surface area contributed by atoms with Crippen LogP contribution in [0.2, 0.25) is 0 Å². The van der Waals surface area contributed by atoms with Crippen molar-refractivity contribution in [1.82, 2.24) is 0 Å². The molecule has 44 heavy (non-hydrogen) atoms. The van der Waals surface area contributed by atoms with Crippen molar-refractivity contribution in [2.45, 2.75) is 0 Å². The topological polar surface area (TPSA) is 0 Å². The molecule has 0 atom stereocenters. The van der Waals surface area contributed by atoms with Gasteiger partial charge in [-0.05, 0) is 82.9 Å². The molecule has 8 aromatic rings. The minimum Gasteiger partial charge on any atom is -0.0622 e. The van der Waals surface area contributed by atoms with Gasteiger partial charge < -0.3 is 0 Å². The molecule has 0 aliphatic heterocycles. The number of hydrogen-bond acceptors (Lipinski definition) is 0. The molecule has 0 amide bonds. The standard InChI is InChI=1S/C44H30/c1-2-10-33(11-3-1)35-24-20-31(21-25-35)18-19-32-22-26-36(27-23-32)43-39-14-6-8-16-41(39)44(42-17-9-7-15-40(42)43)38-29-28-34-12-4-5-13-37(34)30-38/h1-30H. The van der Waals surface area contributed by atoms with E-state index in [1.165, 1.54) is 76.8 Å². The molecule has 206 valence electrons. The van der Waals surface area contributed by atoms with Gasteiger partial charge in [0.05, 0.1) is 0 Å². The Morgan fingerprint density at radius 3 is 1.25 bits per heavy atom. The molecule has 0 unspecified atom stereocenters. The average molecular weight is 559 g/mol. The quantitative estimate of drug-likeness (QED) is 0.146. The van der Waals surface area contributed by atoms with Gasteiger partial charge in [0.25, 0.3) is 0 Å². The van der Waals surface area contributed by atoms with Crippen LogP contribution in [0.25, 0.3) is 77.9 Å². The molecule has 8 aromatic carbocycles. The van der Waals surface area contributed by atoms with Gasteiger partial charge in [-0.25, -0.2) is 0 Å². The Bertz CT molecular complexity index is 2230. The minimum atomic E-state index is 1.18. The van der Waals surface area contributed by atoms with Crippen molar-refractivity contribution < 1.29 is 0 Å². The zero-order valence-electron chi connectivity index (χ0n) is 24.3. The first-order valence-corrected chi connectivity index (χ1v) is 15.2. The molecule has 0 saturated heterocycles. The molecule has 0 fully saturated rings. The van der Waals surface area contributed by atoms with Crippen molar-refractivity contribution in [1.29, 1.82) is 0 Å². The molecular weight excluding hydrogens is 528 g/mol. The third-order valence-electron chi connectivity index (χ3n) is 8.66. The van der Waals surface area contributed by atoms with Crippen LogP contribution in [0.1, 0.15) is 11.1 Å². The molecular formula is C44H30. The first-order chi connectivity index (χ1) is 21.8. The van der Waals surface area contributed by atoms with Crippen molar-refractivity contribution in [3.8, 4) is 33.4 Å². The van der Waals surface area contributed by atoms with Gasteiger partial charge in [-0.2, -0.15) is 0 Å². The van der Waals surface area contributed by atoms with E-state index in [0.717, 1.165) is 0 Å². The summed E-state index contributed by atoms with van der Waals surface area (Å²) in [4.78, 5) is 0. The summed E-state index contributed by atoms with van der Waals surface area (Å²) < 4.78 is 0. The highest BCUT2D eigenvalue weighted by molar-refractivity contribution is 6.21. The van der Waals surface area contributed by atoms with Gasteiger partial charge in [0.2, 0.25) is 0 Å². The zero-order chi connectivity index (χ0) is 29.3. The van der Waals surface area contributed by atoms with E-state index in [2.05, 4.69) is 182 Å². The number of rotatable bonds is 5. The predicted molar refractivity (Wildman–Crippen MR) is 191 cm³/mol. The van der Waals surface area contributed by atoms with Crippen LogP contribution in [-0.2, 0) is 0 Å². The number of fused-ring (bicyclic) bond motifs is 3. The lowest BCUT2D eigenvalue weighted by Crippen LogP contribution is -1.91. The first kappa shape index (κ1) is 25.9. The number of benzene rings is 8. The van der Waals surface area contributed by atoms with E-state index in [-0.39, 0.29) is 0 Å². The SMILES string of the molecule is C(=Cc1ccc(-c2c3ccccc3c(-c3ccc4ccccc4c3)c3ccccc23)cc1)c1ccc(-c2ccccc2)cc1. The maximum Gasteiger partial charge on any atom is -0.00262 e. The monoisotopic (exact) mass is 558 g/mol. The Hall–Kier alpha value is -5.72. The Balaban J connectivity index is 1.18. The van der Waals surface area contributed by atoms with Gasteiger partial charge in [-0.3, -0.25) is 0 Å². The lowest BCUT2D eigenvalue weighted by molar-refractivity contribution is 1.60. The van der Waals surface area contributed by atoms with E-state index < -0.39 is 0 Å². The third-order valence-corrected chi connectivity index (χ3v) is 8.66. The van der Waals surface area contributed by atoms with Crippen molar-refractivity contribution in [2.75, 3.05) is 0 Å². The minimum absolute atomic E-state index is 1.18. The van der Waals surface area contributed by atoms with Gasteiger partial charge in [-0.1, -0.05) is 176 Å². The average Bonchev–Trinajstić information content (AvgIpc) is 3.10. The molecule has 0 bridgehead atoms. The van der Waals surface area contributed by atoms with Crippen molar-refractivity contribution in [3.63, 3.8) is 0 Å². The largest absolute Gasteiger partial charge is 0.0622 e. The van der Waals surface area contributed by atoms with Crippen molar-refractivity contribution >= 4 is 44.5 Å². The Morgan fingerprint density at radius 2 is 0.682 bits per heavy atom. The highest BCUT2D eigenvalue weighted by Crippen LogP contribution is 2.44. The summed E-state index contributed by atoms with van der Waals surface area (Å²) >= 11 is 0. The molecule has 8 rings (SSSR count). The summed E-state index contributed by atoms with van der Waals surface area (Å²) in [5.41, 5.74) is 9.91.